The standard InChI is InChI=1S/C18H24N4O2.ClH/c19-14-18(7-10-24-11-8-18)17(23)20-9-6-15-12-21-22(13-15)16-4-2-1-3-5-16;/h1-5,12-13H,6-11,14,19H2,(H,20,23);1H. The summed E-state index contributed by atoms with van der Waals surface area (Å²) in [5.74, 6) is 0.0451. The van der Waals surface area contributed by atoms with E-state index in [1.54, 1.807) is 0 Å². The molecular weight excluding hydrogens is 340 g/mol. The predicted octanol–water partition coefficient (Wildman–Crippen LogP) is 1.71. The molecule has 136 valence electrons. The van der Waals surface area contributed by atoms with Gasteiger partial charge in [0.05, 0.1) is 17.3 Å². The lowest BCUT2D eigenvalue weighted by Crippen LogP contribution is -2.49. The van der Waals surface area contributed by atoms with Crippen molar-refractivity contribution in [2.24, 2.45) is 11.1 Å². The molecule has 2 heterocycles. The third kappa shape index (κ3) is 4.60. The van der Waals surface area contributed by atoms with Gasteiger partial charge < -0.3 is 15.8 Å². The quantitative estimate of drug-likeness (QED) is 0.817. The summed E-state index contributed by atoms with van der Waals surface area (Å²) in [5.41, 5.74) is 7.51. The second-order valence-corrected chi connectivity index (χ2v) is 6.23. The van der Waals surface area contributed by atoms with Gasteiger partial charge in [-0.05, 0) is 37.0 Å². The van der Waals surface area contributed by atoms with Crippen LogP contribution >= 0.6 is 12.4 Å². The minimum absolute atomic E-state index is 0. The molecule has 0 bridgehead atoms. The number of aromatic nitrogens is 2. The molecule has 1 amide bonds. The van der Waals surface area contributed by atoms with Crippen LogP contribution in [0.4, 0.5) is 0 Å². The lowest BCUT2D eigenvalue weighted by atomic mass is 9.79. The van der Waals surface area contributed by atoms with Crippen LogP contribution in [0.3, 0.4) is 0 Å². The number of hydrogen-bond acceptors (Lipinski definition) is 4. The predicted molar refractivity (Wildman–Crippen MR) is 99.1 cm³/mol. The van der Waals surface area contributed by atoms with E-state index >= 15 is 0 Å². The van der Waals surface area contributed by atoms with Crippen LogP contribution in [0.5, 0.6) is 0 Å². The monoisotopic (exact) mass is 364 g/mol. The van der Waals surface area contributed by atoms with E-state index in [0.29, 0.717) is 39.1 Å². The number of rotatable bonds is 6. The smallest absolute Gasteiger partial charge is 0.227 e. The van der Waals surface area contributed by atoms with Crippen molar-refractivity contribution in [1.29, 1.82) is 0 Å². The lowest BCUT2D eigenvalue weighted by molar-refractivity contribution is -0.135. The number of ether oxygens (including phenoxy) is 1. The number of carbonyl (C=O) groups excluding carboxylic acids is 1. The largest absolute Gasteiger partial charge is 0.381 e. The third-order valence-corrected chi connectivity index (χ3v) is 4.68. The molecule has 3 N–H and O–H groups in total. The molecule has 0 atom stereocenters. The summed E-state index contributed by atoms with van der Waals surface area (Å²) in [6.07, 6.45) is 5.97. The summed E-state index contributed by atoms with van der Waals surface area (Å²) in [6.45, 7) is 2.17. The van der Waals surface area contributed by atoms with Crippen LogP contribution in [0.25, 0.3) is 5.69 Å². The van der Waals surface area contributed by atoms with E-state index in [0.717, 1.165) is 17.7 Å². The van der Waals surface area contributed by atoms with Crippen LogP contribution in [0.1, 0.15) is 18.4 Å². The number of hydrogen-bond donors (Lipinski definition) is 2. The highest BCUT2D eigenvalue weighted by Gasteiger charge is 2.38. The highest BCUT2D eigenvalue weighted by Crippen LogP contribution is 2.29. The zero-order valence-electron chi connectivity index (χ0n) is 14.2. The summed E-state index contributed by atoms with van der Waals surface area (Å²) >= 11 is 0. The van der Waals surface area contributed by atoms with Crippen molar-refractivity contribution in [3.8, 4) is 5.69 Å². The van der Waals surface area contributed by atoms with E-state index < -0.39 is 5.41 Å². The van der Waals surface area contributed by atoms with Crippen LogP contribution in [0.15, 0.2) is 42.7 Å². The summed E-state index contributed by atoms with van der Waals surface area (Å²) in [5, 5.41) is 7.40. The van der Waals surface area contributed by atoms with Gasteiger partial charge in [-0.1, -0.05) is 18.2 Å². The Kier molecular flexibility index (Phi) is 6.99. The second kappa shape index (κ2) is 8.99. The van der Waals surface area contributed by atoms with Gasteiger partial charge in [0.2, 0.25) is 5.91 Å². The SMILES string of the molecule is Cl.NCC1(C(=O)NCCc2cnn(-c3ccccc3)c2)CCOCC1. The Hall–Kier alpha value is -1.89. The maximum absolute atomic E-state index is 12.5. The molecule has 0 radical (unpaired) electrons. The lowest BCUT2D eigenvalue weighted by Gasteiger charge is -2.34. The average Bonchev–Trinajstić information content (AvgIpc) is 3.12. The molecule has 6 nitrogen and oxygen atoms in total. The Morgan fingerprint density at radius 1 is 1.28 bits per heavy atom. The van der Waals surface area contributed by atoms with Crippen molar-refractivity contribution in [1.82, 2.24) is 15.1 Å². The van der Waals surface area contributed by atoms with Crippen molar-refractivity contribution < 1.29 is 9.53 Å². The van der Waals surface area contributed by atoms with E-state index in [9.17, 15) is 4.79 Å². The highest BCUT2D eigenvalue weighted by atomic mass is 35.5. The normalized spacial score (nSPS) is 16.0. The minimum atomic E-state index is -0.466. The highest BCUT2D eigenvalue weighted by molar-refractivity contribution is 5.85. The fraction of sp³-hybridized carbons (Fsp3) is 0.444. The number of nitrogens with two attached hydrogens (primary N) is 1. The molecule has 1 aliphatic rings. The van der Waals surface area contributed by atoms with Crippen molar-refractivity contribution in [2.45, 2.75) is 19.3 Å². The van der Waals surface area contributed by atoms with E-state index in [2.05, 4.69) is 10.4 Å². The van der Waals surface area contributed by atoms with Crippen molar-refractivity contribution in [3.63, 3.8) is 0 Å². The molecule has 0 aliphatic carbocycles. The summed E-state index contributed by atoms with van der Waals surface area (Å²) < 4.78 is 7.19. The molecule has 0 spiro atoms. The van der Waals surface area contributed by atoms with Crippen molar-refractivity contribution in [2.75, 3.05) is 26.3 Å². The molecule has 1 aromatic heterocycles. The topological polar surface area (TPSA) is 82.2 Å². The summed E-state index contributed by atoms with van der Waals surface area (Å²) in [7, 11) is 0. The number of nitrogens with zero attached hydrogens (tertiary/aromatic N) is 2. The van der Waals surface area contributed by atoms with Gasteiger partial charge in [0.15, 0.2) is 0 Å². The first-order valence-electron chi connectivity index (χ1n) is 8.39. The van der Waals surface area contributed by atoms with Gasteiger partial charge in [-0.15, -0.1) is 12.4 Å². The number of carbonyl (C=O) groups is 1. The number of halogens is 1. The van der Waals surface area contributed by atoms with Gasteiger partial charge in [0, 0.05) is 32.5 Å². The van der Waals surface area contributed by atoms with Crippen molar-refractivity contribution >= 4 is 18.3 Å². The Morgan fingerprint density at radius 2 is 2.00 bits per heavy atom. The second-order valence-electron chi connectivity index (χ2n) is 6.23. The molecule has 3 rings (SSSR count). The number of amides is 1. The third-order valence-electron chi connectivity index (χ3n) is 4.68. The zero-order chi connectivity index (χ0) is 16.8. The van der Waals surface area contributed by atoms with Crippen LogP contribution in [0, 0.1) is 5.41 Å². The molecule has 0 saturated carbocycles. The Balaban J connectivity index is 0.00000225. The Morgan fingerprint density at radius 3 is 2.68 bits per heavy atom. The molecule has 1 aromatic carbocycles. The number of benzene rings is 1. The van der Waals surface area contributed by atoms with Gasteiger partial charge in [-0.2, -0.15) is 5.10 Å². The average molecular weight is 365 g/mol. The van der Waals surface area contributed by atoms with Crippen LogP contribution in [0.2, 0.25) is 0 Å². The molecular formula is C18H25ClN4O2. The molecule has 7 heteroatoms. The van der Waals surface area contributed by atoms with Gasteiger partial charge in [0.1, 0.15) is 0 Å². The van der Waals surface area contributed by atoms with Crippen LogP contribution in [-0.2, 0) is 16.0 Å². The van der Waals surface area contributed by atoms with E-state index in [1.165, 1.54) is 0 Å². The molecule has 1 saturated heterocycles. The molecule has 1 fully saturated rings. The summed E-state index contributed by atoms with van der Waals surface area (Å²) in [6, 6.07) is 9.96. The minimum Gasteiger partial charge on any atom is -0.381 e. The molecule has 2 aromatic rings. The first-order valence-corrected chi connectivity index (χ1v) is 8.39. The molecule has 1 aliphatic heterocycles. The maximum Gasteiger partial charge on any atom is 0.227 e. The van der Waals surface area contributed by atoms with E-state index in [1.807, 2.05) is 47.4 Å². The molecule has 0 unspecified atom stereocenters. The molecule has 25 heavy (non-hydrogen) atoms. The van der Waals surface area contributed by atoms with Gasteiger partial charge in [-0.25, -0.2) is 4.68 Å². The van der Waals surface area contributed by atoms with Gasteiger partial charge in [-0.3, -0.25) is 4.79 Å². The fourth-order valence-corrected chi connectivity index (χ4v) is 3.01. The van der Waals surface area contributed by atoms with Gasteiger partial charge in [0.25, 0.3) is 0 Å². The first-order chi connectivity index (χ1) is 11.7. The summed E-state index contributed by atoms with van der Waals surface area (Å²) in [4.78, 5) is 12.5. The van der Waals surface area contributed by atoms with Crippen LogP contribution < -0.4 is 11.1 Å². The van der Waals surface area contributed by atoms with Crippen LogP contribution in [-0.4, -0.2) is 42.0 Å². The van der Waals surface area contributed by atoms with E-state index in [4.69, 9.17) is 10.5 Å². The Labute approximate surface area is 154 Å². The van der Waals surface area contributed by atoms with Gasteiger partial charge >= 0.3 is 0 Å². The number of para-hydroxylation sites is 1. The first kappa shape index (κ1) is 19.4. The van der Waals surface area contributed by atoms with E-state index in [-0.39, 0.29) is 18.3 Å². The van der Waals surface area contributed by atoms with Crippen molar-refractivity contribution in [3.05, 3.63) is 48.3 Å². The number of nitrogens with one attached hydrogen (secondary N) is 1. The zero-order valence-corrected chi connectivity index (χ0v) is 15.0. The maximum atomic E-state index is 12.5. The Bertz CT molecular complexity index is 669. The fourth-order valence-electron chi connectivity index (χ4n) is 3.01.